The summed E-state index contributed by atoms with van der Waals surface area (Å²) in [4.78, 5) is 17.2. The number of rotatable bonds is 6. The lowest BCUT2D eigenvalue weighted by atomic mass is 10.1. The molecule has 4 aromatic rings. The van der Waals surface area contributed by atoms with Crippen LogP contribution in [-0.2, 0) is 11.2 Å². The molecule has 0 radical (unpaired) electrons. The summed E-state index contributed by atoms with van der Waals surface area (Å²) in [6.45, 7) is 3.44. The highest BCUT2D eigenvalue weighted by Gasteiger charge is 2.13. The van der Waals surface area contributed by atoms with Crippen LogP contribution >= 0.6 is 11.8 Å². The predicted octanol–water partition coefficient (Wildman–Crippen LogP) is 4.70. The maximum atomic E-state index is 5.86. The Hall–Kier alpha value is -3.42. The predicted molar refractivity (Wildman–Crippen MR) is 133 cm³/mol. The van der Waals surface area contributed by atoms with Gasteiger partial charge in [0.15, 0.2) is 0 Å². The normalized spacial score (nSPS) is 13.8. The standard InChI is InChI=1S/C26H25N5OS/c27-21-3-7-23(8-4-21)33-26-24(20-9-11-28-12-10-20)18-29-25(30-26)17-19-1-5-22(6-2-19)31-13-15-32-16-14-31/h1-12,18H,13-17,27H2. The lowest BCUT2D eigenvalue weighted by molar-refractivity contribution is 0.122. The summed E-state index contributed by atoms with van der Waals surface area (Å²) in [6, 6.07) is 20.5. The number of aromatic nitrogens is 3. The fourth-order valence-corrected chi connectivity index (χ4v) is 4.70. The highest BCUT2D eigenvalue weighted by atomic mass is 32.2. The van der Waals surface area contributed by atoms with Crippen LogP contribution in [0.1, 0.15) is 11.4 Å². The zero-order chi connectivity index (χ0) is 22.5. The number of nitrogen functional groups attached to an aromatic ring is 1. The molecule has 33 heavy (non-hydrogen) atoms. The smallest absolute Gasteiger partial charge is 0.133 e. The molecule has 1 aliphatic heterocycles. The number of nitrogens with two attached hydrogens (primary N) is 1. The van der Waals surface area contributed by atoms with Gasteiger partial charge in [0.05, 0.1) is 13.2 Å². The Balaban J connectivity index is 1.40. The van der Waals surface area contributed by atoms with Crippen molar-refractivity contribution in [1.82, 2.24) is 15.0 Å². The van der Waals surface area contributed by atoms with Gasteiger partial charge >= 0.3 is 0 Å². The van der Waals surface area contributed by atoms with E-state index in [1.807, 2.05) is 42.6 Å². The van der Waals surface area contributed by atoms with Crippen LogP contribution in [-0.4, -0.2) is 41.3 Å². The van der Waals surface area contributed by atoms with E-state index in [2.05, 4.69) is 39.1 Å². The van der Waals surface area contributed by atoms with E-state index in [0.717, 1.165) is 58.9 Å². The molecule has 2 aromatic heterocycles. The van der Waals surface area contributed by atoms with E-state index in [4.69, 9.17) is 15.5 Å². The third-order valence-corrected chi connectivity index (χ3v) is 6.58. The van der Waals surface area contributed by atoms with Crippen LogP contribution in [0, 0.1) is 0 Å². The van der Waals surface area contributed by atoms with Crippen LogP contribution in [0.3, 0.4) is 0 Å². The van der Waals surface area contributed by atoms with Crippen molar-refractivity contribution in [2.75, 3.05) is 36.9 Å². The molecule has 1 saturated heterocycles. The first-order valence-electron chi connectivity index (χ1n) is 11.0. The minimum absolute atomic E-state index is 0.676. The van der Waals surface area contributed by atoms with Crippen molar-refractivity contribution in [1.29, 1.82) is 0 Å². The van der Waals surface area contributed by atoms with Gasteiger partial charge in [0.2, 0.25) is 0 Å². The summed E-state index contributed by atoms with van der Waals surface area (Å²) >= 11 is 1.62. The monoisotopic (exact) mass is 455 g/mol. The first kappa shape index (κ1) is 21.4. The number of benzene rings is 2. The Morgan fingerprint density at radius 1 is 0.909 bits per heavy atom. The van der Waals surface area contributed by atoms with Gasteiger partial charge in [0, 0.05) is 59.9 Å². The molecule has 3 heterocycles. The van der Waals surface area contributed by atoms with Gasteiger partial charge in [-0.1, -0.05) is 23.9 Å². The number of hydrogen-bond acceptors (Lipinski definition) is 7. The van der Waals surface area contributed by atoms with E-state index < -0.39 is 0 Å². The average molecular weight is 456 g/mol. The number of ether oxygens (including phenoxy) is 1. The van der Waals surface area contributed by atoms with Crippen LogP contribution in [0.25, 0.3) is 11.1 Å². The topological polar surface area (TPSA) is 77.2 Å². The Morgan fingerprint density at radius 2 is 1.64 bits per heavy atom. The van der Waals surface area contributed by atoms with Crippen LogP contribution in [0.2, 0.25) is 0 Å². The van der Waals surface area contributed by atoms with E-state index in [0.29, 0.717) is 6.42 Å². The van der Waals surface area contributed by atoms with Gasteiger partial charge in [-0.3, -0.25) is 4.98 Å². The van der Waals surface area contributed by atoms with E-state index in [1.54, 1.807) is 24.2 Å². The summed E-state index contributed by atoms with van der Waals surface area (Å²) in [7, 11) is 0. The van der Waals surface area contributed by atoms with Crippen LogP contribution in [0.4, 0.5) is 11.4 Å². The Bertz CT molecular complexity index is 1190. The van der Waals surface area contributed by atoms with Crippen molar-refractivity contribution >= 4 is 23.1 Å². The third-order valence-electron chi connectivity index (χ3n) is 5.56. The van der Waals surface area contributed by atoms with E-state index in [-0.39, 0.29) is 0 Å². The first-order chi connectivity index (χ1) is 16.2. The molecule has 0 unspecified atom stereocenters. The molecule has 6 nitrogen and oxygen atoms in total. The second kappa shape index (κ2) is 10.0. The average Bonchev–Trinajstić information content (AvgIpc) is 2.87. The van der Waals surface area contributed by atoms with Gasteiger partial charge in [-0.05, 0) is 59.7 Å². The number of pyridine rings is 1. The third kappa shape index (κ3) is 5.32. The van der Waals surface area contributed by atoms with Gasteiger partial charge in [0.25, 0.3) is 0 Å². The Kier molecular flexibility index (Phi) is 6.51. The van der Waals surface area contributed by atoms with E-state index in [1.165, 1.54) is 11.3 Å². The molecule has 2 aromatic carbocycles. The van der Waals surface area contributed by atoms with E-state index in [9.17, 15) is 0 Å². The van der Waals surface area contributed by atoms with Crippen molar-refractivity contribution in [2.24, 2.45) is 0 Å². The number of nitrogens with zero attached hydrogens (tertiary/aromatic N) is 4. The molecular weight excluding hydrogens is 430 g/mol. The van der Waals surface area contributed by atoms with Crippen molar-refractivity contribution in [3.63, 3.8) is 0 Å². The summed E-state index contributed by atoms with van der Waals surface area (Å²) in [5.41, 5.74) is 11.1. The number of hydrogen-bond donors (Lipinski definition) is 1. The minimum atomic E-state index is 0.676. The molecule has 0 atom stereocenters. The second-order valence-electron chi connectivity index (χ2n) is 7.85. The van der Waals surface area contributed by atoms with Crippen LogP contribution < -0.4 is 10.6 Å². The van der Waals surface area contributed by atoms with Gasteiger partial charge in [0.1, 0.15) is 10.9 Å². The molecule has 0 spiro atoms. The Labute approximate surface area is 197 Å². The summed E-state index contributed by atoms with van der Waals surface area (Å²) in [6.07, 6.45) is 6.17. The summed E-state index contributed by atoms with van der Waals surface area (Å²) < 4.78 is 5.46. The van der Waals surface area contributed by atoms with Gasteiger partial charge < -0.3 is 15.4 Å². The number of anilines is 2. The molecule has 0 aliphatic carbocycles. The van der Waals surface area contributed by atoms with Gasteiger partial charge in [-0.25, -0.2) is 9.97 Å². The molecule has 1 aliphatic rings. The molecule has 0 amide bonds. The quantitative estimate of drug-likeness (QED) is 0.334. The van der Waals surface area contributed by atoms with Crippen LogP contribution in [0.15, 0.2) is 89.2 Å². The zero-order valence-corrected chi connectivity index (χ0v) is 19.0. The SMILES string of the molecule is Nc1ccc(Sc2nc(Cc3ccc(N4CCOCC4)cc3)ncc2-c2ccncc2)cc1. The highest BCUT2D eigenvalue weighted by molar-refractivity contribution is 7.99. The van der Waals surface area contributed by atoms with Gasteiger partial charge in [-0.15, -0.1) is 0 Å². The van der Waals surface area contributed by atoms with E-state index >= 15 is 0 Å². The molecule has 2 N–H and O–H groups in total. The summed E-state index contributed by atoms with van der Waals surface area (Å²) in [5, 5.41) is 0.918. The zero-order valence-electron chi connectivity index (χ0n) is 18.2. The fourth-order valence-electron chi connectivity index (χ4n) is 3.77. The number of morpholine rings is 1. The fraction of sp³-hybridized carbons (Fsp3) is 0.192. The lowest BCUT2D eigenvalue weighted by Gasteiger charge is -2.28. The maximum absolute atomic E-state index is 5.86. The molecule has 0 saturated carbocycles. The lowest BCUT2D eigenvalue weighted by Crippen LogP contribution is -2.36. The minimum Gasteiger partial charge on any atom is -0.399 e. The first-order valence-corrected chi connectivity index (χ1v) is 11.8. The molecule has 166 valence electrons. The molecule has 5 rings (SSSR count). The molecule has 7 heteroatoms. The largest absolute Gasteiger partial charge is 0.399 e. The van der Waals surface area contributed by atoms with Crippen molar-refractivity contribution in [3.8, 4) is 11.1 Å². The Morgan fingerprint density at radius 3 is 2.36 bits per heavy atom. The molecular formula is C26H25N5OS. The van der Waals surface area contributed by atoms with Gasteiger partial charge in [-0.2, -0.15) is 0 Å². The molecule has 0 bridgehead atoms. The van der Waals surface area contributed by atoms with Crippen molar-refractivity contribution < 1.29 is 4.74 Å². The second-order valence-corrected chi connectivity index (χ2v) is 8.92. The van der Waals surface area contributed by atoms with Crippen molar-refractivity contribution in [2.45, 2.75) is 16.3 Å². The van der Waals surface area contributed by atoms with Crippen molar-refractivity contribution in [3.05, 3.63) is 90.6 Å². The van der Waals surface area contributed by atoms with Crippen LogP contribution in [0.5, 0.6) is 0 Å². The highest BCUT2D eigenvalue weighted by Crippen LogP contribution is 2.34. The summed E-state index contributed by atoms with van der Waals surface area (Å²) in [5.74, 6) is 0.796. The maximum Gasteiger partial charge on any atom is 0.133 e. The molecule has 1 fully saturated rings.